The van der Waals surface area contributed by atoms with Crippen molar-refractivity contribution in [2.24, 2.45) is 11.8 Å². The number of carbonyl (C=O) groups is 1. The number of rotatable bonds is 5. The molecule has 0 aromatic carbocycles. The van der Waals surface area contributed by atoms with Crippen LogP contribution in [0.1, 0.15) is 51.9 Å². The van der Waals surface area contributed by atoms with Crippen molar-refractivity contribution in [3.63, 3.8) is 0 Å². The molecule has 1 rings (SSSR count). The van der Waals surface area contributed by atoms with E-state index >= 15 is 0 Å². The molecule has 1 nitrogen and oxygen atoms in total. The first-order valence-corrected chi connectivity index (χ1v) is 5.93. The second-order valence-corrected chi connectivity index (χ2v) is 4.42. The fraction of sp³-hybridized carbons (Fsp3) is 0.769. The van der Waals surface area contributed by atoms with E-state index in [0.717, 1.165) is 31.0 Å². The van der Waals surface area contributed by atoms with Gasteiger partial charge in [0, 0.05) is 6.42 Å². The van der Waals surface area contributed by atoms with Gasteiger partial charge in [-0.2, -0.15) is 0 Å². The molecule has 0 amide bonds. The van der Waals surface area contributed by atoms with Gasteiger partial charge < -0.3 is 4.79 Å². The molecule has 80 valence electrons. The zero-order chi connectivity index (χ0) is 10.2. The van der Waals surface area contributed by atoms with Gasteiger partial charge in [0.1, 0.15) is 6.29 Å². The van der Waals surface area contributed by atoms with Gasteiger partial charge in [-0.1, -0.05) is 31.4 Å². The maximum atomic E-state index is 10.2. The average molecular weight is 194 g/mol. The van der Waals surface area contributed by atoms with Crippen LogP contribution in [0.15, 0.2) is 12.2 Å². The van der Waals surface area contributed by atoms with Crippen LogP contribution in [0.25, 0.3) is 0 Å². The lowest BCUT2D eigenvalue weighted by molar-refractivity contribution is -0.108. The highest BCUT2D eigenvalue weighted by Gasteiger charge is 2.19. The molecule has 0 N–H and O–H groups in total. The van der Waals surface area contributed by atoms with E-state index in [1.807, 2.05) is 0 Å². The monoisotopic (exact) mass is 194 g/mol. The number of hydrogen-bond acceptors (Lipinski definition) is 1. The molecule has 2 unspecified atom stereocenters. The van der Waals surface area contributed by atoms with E-state index in [1.54, 1.807) is 0 Å². The first-order valence-electron chi connectivity index (χ1n) is 5.93. The van der Waals surface area contributed by atoms with Gasteiger partial charge in [-0.05, 0) is 38.0 Å². The molecule has 14 heavy (non-hydrogen) atoms. The van der Waals surface area contributed by atoms with Gasteiger partial charge in [-0.25, -0.2) is 0 Å². The molecule has 1 heteroatoms. The largest absolute Gasteiger partial charge is 0.303 e. The van der Waals surface area contributed by atoms with E-state index in [-0.39, 0.29) is 0 Å². The normalized spacial score (nSPS) is 28.1. The van der Waals surface area contributed by atoms with Crippen LogP contribution < -0.4 is 0 Å². The van der Waals surface area contributed by atoms with Crippen LogP contribution in [-0.2, 0) is 4.79 Å². The molecule has 0 spiro atoms. The number of hydrogen-bond donors (Lipinski definition) is 0. The summed E-state index contributed by atoms with van der Waals surface area (Å²) in [5, 5.41) is 0. The molecule has 2 atom stereocenters. The van der Waals surface area contributed by atoms with E-state index in [1.165, 1.54) is 32.1 Å². The topological polar surface area (TPSA) is 17.1 Å². The molecule has 0 heterocycles. The Labute approximate surface area is 87.6 Å². The minimum Gasteiger partial charge on any atom is -0.303 e. The smallest absolute Gasteiger partial charge is 0.119 e. The zero-order valence-corrected chi connectivity index (χ0v) is 9.24. The van der Waals surface area contributed by atoms with Gasteiger partial charge in [0.25, 0.3) is 0 Å². The van der Waals surface area contributed by atoms with Crippen LogP contribution in [0, 0.1) is 11.8 Å². The van der Waals surface area contributed by atoms with Gasteiger partial charge in [0.15, 0.2) is 0 Å². The first-order chi connectivity index (χ1) is 6.86. The highest BCUT2D eigenvalue weighted by molar-refractivity contribution is 5.48. The molecular weight excluding hydrogens is 172 g/mol. The van der Waals surface area contributed by atoms with Gasteiger partial charge in [-0.3, -0.25) is 0 Å². The van der Waals surface area contributed by atoms with Crippen LogP contribution in [0.5, 0.6) is 0 Å². The second kappa shape index (κ2) is 6.80. The highest BCUT2D eigenvalue weighted by atomic mass is 16.1. The van der Waals surface area contributed by atoms with Gasteiger partial charge in [-0.15, -0.1) is 0 Å². The summed E-state index contributed by atoms with van der Waals surface area (Å²) in [5.41, 5.74) is 0. The standard InChI is InChI=1S/C13H22O/c1-2-6-12-8-5-9-13(11-12)7-3-4-10-14/h2,6,10,12-13H,3-5,7-9,11H2,1H3/b6-2+. The minimum atomic E-state index is 0.755. The Bertz CT molecular complexity index is 184. The van der Waals surface area contributed by atoms with Crippen molar-refractivity contribution in [2.45, 2.75) is 51.9 Å². The van der Waals surface area contributed by atoms with Crippen LogP contribution in [0.4, 0.5) is 0 Å². The SMILES string of the molecule is C/C=C/C1CCCC(CCCC=O)C1. The van der Waals surface area contributed by atoms with E-state index in [4.69, 9.17) is 0 Å². The van der Waals surface area contributed by atoms with E-state index in [2.05, 4.69) is 19.1 Å². The van der Waals surface area contributed by atoms with Gasteiger partial charge >= 0.3 is 0 Å². The molecule has 0 aromatic heterocycles. The van der Waals surface area contributed by atoms with Crippen molar-refractivity contribution >= 4 is 6.29 Å². The van der Waals surface area contributed by atoms with E-state index in [9.17, 15) is 4.79 Å². The molecule has 0 aromatic rings. The highest BCUT2D eigenvalue weighted by Crippen LogP contribution is 2.32. The summed E-state index contributed by atoms with van der Waals surface area (Å²) in [6, 6.07) is 0. The van der Waals surface area contributed by atoms with E-state index in [0.29, 0.717) is 0 Å². The van der Waals surface area contributed by atoms with Gasteiger partial charge in [0.05, 0.1) is 0 Å². The molecular formula is C13H22O. The molecule has 0 saturated heterocycles. The van der Waals surface area contributed by atoms with Crippen molar-refractivity contribution < 1.29 is 4.79 Å². The number of allylic oxidation sites excluding steroid dienone is 2. The third-order valence-corrected chi connectivity index (χ3v) is 3.22. The van der Waals surface area contributed by atoms with Crippen molar-refractivity contribution in [1.82, 2.24) is 0 Å². The predicted octanol–water partition coefficient (Wildman–Crippen LogP) is 3.74. The lowest BCUT2D eigenvalue weighted by atomic mass is 9.79. The maximum absolute atomic E-state index is 10.2. The van der Waals surface area contributed by atoms with Gasteiger partial charge in [0.2, 0.25) is 0 Å². The van der Waals surface area contributed by atoms with Crippen LogP contribution in [0.3, 0.4) is 0 Å². The Balaban J connectivity index is 2.21. The van der Waals surface area contributed by atoms with Crippen molar-refractivity contribution in [1.29, 1.82) is 0 Å². The molecule has 0 radical (unpaired) electrons. The quantitative estimate of drug-likeness (QED) is 0.370. The first kappa shape index (κ1) is 11.5. The zero-order valence-electron chi connectivity index (χ0n) is 9.24. The third-order valence-electron chi connectivity index (χ3n) is 3.22. The Morgan fingerprint density at radius 1 is 1.36 bits per heavy atom. The fourth-order valence-corrected chi connectivity index (χ4v) is 2.53. The lowest BCUT2D eigenvalue weighted by Gasteiger charge is -2.27. The summed E-state index contributed by atoms with van der Waals surface area (Å²) < 4.78 is 0. The van der Waals surface area contributed by atoms with Crippen LogP contribution in [-0.4, -0.2) is 6.29 Å². The third kappa shape index (κ3) is 4.08. The average Bonchev–Trinajstić information content (AvgIpc) is 2.19. The molecule has 1 saturated carbocycles. The number of aldehydes is 1. The second-order valence-electron chi connectivity index (χ2n) is 4.42. The number of carbonyl (C=O) groups excluding carboxylic acids is 1. The molecule has 1 fully saturated rings. The summed E-state index contributed by atoms with van der Waals surface area (Å²) >= 11 is 0. The van der Waals surface area contributed by atoms with Crippen LogP contribution in [0.2, 0.25) is 0 Å². The molecule has 1 aliphatic carbocycles. The summed E-state index contributed by atoms with van der Waals surface area (Å²) in [6.07, 6.45) is 14.2. The Morgan fingerprint density at radius 3 is 2.93 bits per heavy atom. The van der Waals surface area contributed by atoms with Crippen LogP contribution >= 0.6 is 0 Å². The Kier molecular flexibility index (Phi) is 5.58. The lowest BCUT2D eigenvalue weighted by Crippen LogP contribution is -2.13. The molecule has 1 aliphatic rings. The van der Waals surface area contributed by atoms with Crippen molar-refractivity contribution in [3.05, 3.63) is 12.2 Å². The fourth-order valence-electron chi connectivity index (χ4n) is 2.53. The van der Waals surface area contributed by atoms with Crippen molar-refractivity contribution in [3.8, 4) is 0 Å². The molecule has 0 aliphatic heterocycles. The van der Waals surface area contributed by atoms with E-state index < -0.39 is 0 Å². The van der Waals surface area contributed by atoms with Crippen molar-refractivity contribution in [2.75, 3.05) is 0 Å². The Morgan fingerprint density at radius 2 is 2.21 bits per heavy atom. The minimum absolute atomic E-state index is 0.755. The summed E-state index contributed by atoms with van der Waals surface area (Å²) in [5.74, 6) is 1.69. The summed E-state index contributed by atoms with van der Waals surface area (Å²) in [6.45, 7) is 2.11. The summed E-state index contributed by atoms with van der Waals surface area (Å²) in [4.78, 5) is 10.2. The summed E-state index contributed by atoms with van der Waals surface area (Å²) in [7, 11) is 0. The maximum Gasteiger partial charge on any atom is 0.119 e. The predicted molar refractivity (Wildman–Crippen MR) is 60.2 cm³/mol. The molecule has 0 bridgehead atoms. The Hall–Kier alpha value is -0.590. The number of unbranched alkanes of at least 4 members (excludes halogenated alkanes) is 1.